The Morgan fingerprint density at radius 3 is 2.78 bits per heavy atom. The molecule has 0 radical (unpaired) electrons. The largest absolute Gasteiger partial charge is 0.450 e. The van der Waals surface area contributed by atoms with E-state index in [1.165, 1.54) is 0 Å². The van der Waals surface area contributed by atoms with Crippen LogP contribution in [0.1, 0.15) is 19.1 Å². The van der Waals surface area contributed by atoms with E-state index in [0.717, 1.165) is 18.6 Å². The second kappa shape index (κ2) is 2.92. The maximum atomic E-state index is 5.53. The molecule has 9 heavy (non-hydrogen) atoms. The Hall–Kier alpha value is -0.430. The Kier molecular flexibility index (Phi) is 2.17. The number of furan rings is 1. The standard InChI is InChI=1S/C7H9ClO/c1-2-3-6-4-5-7(8)9-6/h4-5H,2-3H2,1H3. The number of rotatable bonds is 2. The molecule has 0 N–H and O–H groups in total. The van der Waals surface area contributed by atoms with Crippen LogP contribution in [0, 0.1) is 0 Å². The zero-order chi connectivity index (χ0) is 6.69. The van der Waals surface area contributed by atoms with Gasteiger partial charge in [0, 0.05) is 6.42 Å². The van der Waals surface area contributed by atoms with Crippen molar-refractivity contribution < 1.29 is 4.42 Å². The van der Waals surface area contributed by atoms with Crippen molar-refractivity contribution in [1.29, 1.82) is 0 Å². The van der Waals surface area contributed by atoms with E-state index in [1.54, 1.807) is 6.07 Å². The number of hydrogen-bond acceptors (Lipinski definition) is 1. The van der Waals surface area contributed by atoms with Crippen molar-refractivity contribution in [2.75, 3.05) is 0 Å². The molecule has 1 rings (SSSR count). The van der Waals surface area contributed by atoms with Gasteiger partial charge in [-0.1, -0.05) is 6.92 Å². The van der Waals surface area contributed by atoms with Gasteiger partial charge in [0.05, 0.1) is 0 Å². The minimum atomic E-state index is 0.485. The van der Waals surface area contributed by atoms with Gasteiger partial charge in [-0.3, -0.25) is 0 Å². The van der Waals surface area contributed by atoms with Crippen LogP contribution in [0.3, 0.4) is 0 Å². The highest BCUT2D eigenvalue weighted by molar-refractivity contribution is 6.28. The van der Waals surface area contributed by atoms with Gasteiger partial charge in [-0.15, -0.1) is 0 Å². The van der Waals surface area contributed by atoms with Gasteiger partial charge in [0.1, 0.15) is 5.76 Å². The Morgan fingerprint density at radius 1 is 1.56 bits per heavy atom. The van der Waals surface area contributed by atoms with Crippen LogP contribution >= 0.6 is 11.6 Å². The lowest BCUT2D eigenvalue weighted by Crippen LogP contribution is -1.74. The van der Waals surface area contributed by atoms with Crippen molar-refractivity contribution in [3.05, 3.63) is 23.1 Å². The average molecular weight is 145 g/mol. The van der Waals surface area contributed by atoms with E-state index in [1.807, 2.05) is 6.07 Å². The predicted octanol–water partition coefficient (Wildman–Crippen LogP) is 2.89. The van der Waals surface area contributed by atoms with Crippen molar-refractivity contribution in [2.45, 2.75) is 19.8 Å². The third-order valence-electron chi connectivity index (χ3n) is 1.13. The Labute approximate surface area is 59.6 Å². The van der Waals surface area contributed by atoms with Crippen molar-refractivity contribution in [3.63, 3.8) is 0 Å². The molecule has 1 aromatic heterocycles. The summed E-state index contributed by atoms with van der Waals surface area (Å²) in [6.45, 7) is 2.11. The van der Waals surface area contributed by atoms with Crippen LogP contribution in [0.15, 0.2) is 16.5 Å². The highest BCUT2D eigenvalue weighted by Gasteiger charge is 1.95. The second-order valence-electron chi connectivity index (χ2n) is 1.96. The Bertz CT molecular complexity index is 181. The molecule has 0 aliphatic heterocycles. The molecular weight excluding hydrogens is 136 g/mol. The molecule has 0 aliphatic carbocycles. The molecule has 0 fully saturated rings. The summed E-state index contributed by atoms with van der Waals surface area (Å²) in [5.74, 6) is 0.975. The molecule has 0 aliphatic rings. The first-order chi connectivity index (χ1) is 4.33. The monoisotopic (exact) mass is 144 g/mol. The lowest BCUT2D eigenvalue weighted by atomic mass is 10.3. The van der Waals surface area contributed by atoms with E-state index in [2.05, 4.69) is 6.92 Å². The predicted molar refractivity (Wildman–Crippen MR) is 37.7 cm³/mol. The van der Waals surface area contributed by atoms with E-state index in [9.17, 15) is 0 Å². The minimum Gasteiger partial charge on any atom is -0.450 e. The summed E-state index contributed by atoms with van der Waals surface area (Å²) in [7, 11) is 0. The SMILES string of the molecule is CCCc1ccc(Cl)o1. The minimum absolute atomic E-state index is 0.485. The van der Waals surface area contributed by atoms with Gasteiger partial charge < -0.3 is 4.42 Å². The smallest absolute Gasteiger partial charge is 0.193 e. The number of aryl methyl sites for hydroxylation is 1. The van der Waals surface area contributed by atoms with Crippen LogP contribution in [0.25, 0.3) is 0 Å². The van der Waals surface area contributed by atoms with Gasteiger partial charge in [-0.25, -0.2) is 0 Å². The molecule has 50 valence electrons. The number of hydrogen-bond donors (Lipinski definition) is 0. The highest BCUT2D eigenvalue weighted by atomic mass is 35.5. The van der Waals surface area contributed by atoms with Crippen molar-refractivity contribution >= 4 is 11.6 Å². The Morgan fingerprint density at radius 2 is 2.33 bits per heavy atom. The van der Waals surface area contributed by atoms with Crippen LogP contribution in [0.2, 0.25) is 5.22 Å². The van der Waals surface area contributed by atoms with Crippen LogP contribution in [-0.4, -0.2) is 0 Å². The second-order valence-corrected chi connectivity index (χ2v) is 2.33. The summed E-state index contributed by atoms with van der Waals surface area (Å²) in [6, 6.07) is 3.68. The summed E-state index contributed by atoms with van der Waals surface area (Å²) in [4.78, 5) is 0. The third-order valence-corrected chi connectivity index (χ3v) is 1.33. The molecule has 0 saturated carbocycles. The van der Waals surface area contributed by atoms with Crippen molar-refractivity contribution in [1.82, 2.24) is 0 Å². The fraction of sp³-hybridized carbons (Fsp3) is 0.429. The molecule has 1 aromatic rings. The molecular formula is C7H9ClO. The third kappa shape index (κ3) is 1.75. The van der Waals surface area contributed by atoms with E-state index >= 15 is 0 Å². The normalized spacial score (nSPS) is 10.0. The number of halogens is 1. The topological polar surface area (TPSA) is 13.1 Å². The summed E-state index contributed by atoms with van der Waals surface area (Å²) in [5, 5.41) is 0.485. The van der Waals surface area contributed by atoms with Gasteiger partial charge >= 0.3 is 0 Å². The fourth-order valence-corrected chi connectivity index (χ4v) is 0.895. The van der Waals surface area contributed by atoms with Crippen molar-refractivity contribution in [2.24, 2.45) is 0 Å². The van der Waals surface area contributed by atoms with Gasteiger partial charge in [-0.2, -0.15) is 0 Å². The van der Waals surface area contributed by atoms with Crippen molar-refractivity contribution in [3.8, 4) is 0 Å². The first kappa shape index (κ1) is 6.69. The molecule has 0 unspecified atom stereocenters. The molecule has 0 amide bonds. The zero-order valence-corrected chi connectivity index (χ0v) is 6.11. The molecule has 0 atom stereocenters. The zero-order valence-electron chi connectivity index (χ0n) is 5.36. The summed E-state index contributed by atoms with van der Waals surface area (Å²) in [6.07, 6.45) is 2.08. The van der Waals surface area contributed by atoms with Gasteiger partial charge in [-0.05, 0) is 30.2 Å². The van der Waals surface area contributed by atoms with Gasteiger partial charge in [0.25, 0.3) is 0 Å². The fourth-order valence-electron chi connectivity index (χ4n) is 0.733. The first-order valence-electron chi connectivity index (χ1n) is 3.07. The lowest BCUT2D eigenvalue weighted by molar-refractivity contribution is 0.508. The van der Waals surface area contributed by atoms with Crippen LogP contribution < -0.4 is 0 Å². The average Bonchev–Trinajstić information content (AvgIpc) is 2.17. The molecule has 1 nitrogen and oxygen atoms in total. The molecule has 0 bridgehead atoms. The summed E-state index contributed by atoms with van der Waals surface area (Å²) < 4.78 is 5.09. The van der Waals surface area contributed by atoms with Crippen LogP contribution in [0.4, 0.5) is 0 Å². The summed E-state index contributed by atoms with van der Waals surface area (Å²) >= 11 is 5.53. The molecule has 0 spiro atoms. The molecule has 0 saturated heterocycles. The van der Waals surface area contributed by atoms with Gasteiger partial charge in [0.15, 0.2) is 5.22 Å². The molecule has 2 heteroatoms. The van der Waals surface area contributed by atoms with Crippen LogP contribution in [0.5, 0.6) is 0 Å². The quantitative estimate of drug-likeness (QED) is 0.622. The first-order valence-corrected chi connectivity index (χ1v) is 3.45. The van der Waals surface area contributed by atoms with E-state index in [4.69, 9.17) is 16.0 Å². The highest BCUT2D eigenvalue weighted by Crippen LogP contribution is 2.13. The van der Waals surface area contributed by atoms with E-state index in [0.29, 0.717) is 5.22 Å². The lowest BCUT2D eigenvalue weighted by Gasteiger charge is -1.86. The maximum absolute atomic E-state index is 5.53. The van der Waals surface area contributed by atoms with Crippen LogP contribution in [-0.2, 0) is 6.42 Å². The maximum Gasteiger partial charge on any atom is 0.193 e. The van der Waals surface area contributed by atoms with Gasteiger partial charge in [0.2, 0.25) is 0 Å². The Balaban J connectivity index is 2.61. The molecule has 1 heterocycles. The molecule has 0 aromatic carbocycles. The summed E-state index contributed by atoms with van der Waals surface area (Å²) in [5.41, 5.74) is 0. The van der Waals surface area contributed by atoms with E-state index < -0.39 is 0 Å². The van der Waals surface area contributed by atoms with E-state index in [-0.39, 0.29) is 0 Å².